The normalized spacial score (nSPS) is 17.4. The zero-order valence-electron chi connectivity index (χ0n) is 51.5. The molecule has 0 radical (unpaired) electrons. The van der Waals surface area contributed by atoms with Crippen LogP contribution in [0, 0.1) is 25.5 Å². The number of carbonyl (C=O) groups excluding carboxylic acids is 3. The molecule has 0 bridgehead atoms. The number of rotatable bonds is 16. The Bertz CT molecular complexity index is 3500. The van der Waals surface area contributed by atoms with Gasteiger partial charge in [0.15, 0.2) is 0 Å². The van der Waals surface area contributed by atoms with Crippen molar-refractivity contribution in [1.82, 2.24) is 29.6 Å². The van der Waals surface area contributed by atoms with E-state index in [-0.39, 0.29) is 88.3 Å². The van der Waals surface area contributed by atoms with E-state index in [1.807, 2.05) is 61.8 Å². The third-order valence-corrected chi connectivity index (χ3v) is 17.6. The van der Waals surface area contributed by atoms with E-state index in [1.54, 1.807) is 19.9 Å². The predicted molar refractivity (Wildman–Crippen MR) is 323 cm³/mol. The molecule has 6 heterocycles. The number of fused-ring (bicyclic) bond motifs is 2. The number of ether oxygens (including phenoxy) is 3. The van der Waals surface area contributed by atoms with Crippen molar-refractivity contribution >= 4 is 23.8 Å². The Labute approximate surface area is 531 Å². The maximum Gasteiger partial charge on any atom is 1.00 e. The van der Waals surface area contributed by atoms with Crippen LogP contribution in [0.4, 0.5) is 8.78 Å². The molecule has 87 heavy (non-hydrogen) atoms. The van der Waals surface area contributed by atoms with Gasteiger partial charge in [0.05, 0.1) is 64.3 Å². The standard InChI is InChI=1S/C35H40FN3O4.C34H38FN3O4.Na.H2O/c1-21(2)43-32-18-23(17-29(24-5-6-24)33(32)25-7-9-26(36)10-8-25)20-38-14-11-27(12-15-38)39-16-13-31-30(34(39)40)19-28(22(3)37-31)35(41)42-4;1-20(2)42-31-17-22(16-28(23-4-5-23)32(31)24-6-8-25(35)9-7-24)19-37-13-10-26(11-14-37)38-15-12-30-29(33(38)39)18-27(34(40)41)21(3)36-30;;/h7-10,17-19,21,24,27H,5-6,11-16,20H2,1-4H3;6-9,16-18,20,23,26H,4-5,10-15,19H2,1-3H3,(H,40,41);;1H2/q;;+1;/p-1. The summed E-state index contributed by atoms with van der Waals surface area (Å²) in [7, 11) is 1.34. The largest absolute Gasteiger partial charge is 1.00 e. The fourth-order valence-corrected chi connectivity index (χ4v) is 13.1. The number of aryl methyl sites for hydroxylation is 2. The fourth-order valence-electron chi connectivity index (χ4n) is 13.1. The molecule has 15 nitrogen and oxygen atoms in total. The van der Waals surface area contributed by atoms with Crippen LogP contribution in [0.15, 0.2) is 84.9 Å². The van der Waals surface area contributed by atoms with E-state index in [0.29, 0.717) is 71.5 Å². The number of carboxylic acids is 1. The fraction of sp³-hybridized carbons (Fsp3) is 0.449. The van der Waals surface area contributed by atoms with Crippen molar-refractivity contribution in [2.45, 2.75) is 155 Å². The van der Waals surface area contributed by atoms with Crippen LogP contribution in [0.5, 0.6) is 11.5 Å². The van der Waals surface area contributed by atoms with Gasteiger partial charge in [0.2, 0.25) is 0 Å². The zero-order chi connectivity index (χ0) is 59.8. The topological polar surface area (TPSA) is 185 Å². The SMILES string of the molecule is COC(=O)c1cc2c(nc1C)CCN(C1CCN(Cc3cc(OC(C)C)c(-c4ccc(F)cc4)c(C4CC4)c3)CC1)C2=O.Cc1nc2c(cc1C(=O)O)C(=O)N(C1CCN(Cc3cc(OC(C)C)c(-c4ccc(F)cc4)c(C4CC4)c3)CC1)CC2.[Na+].[OH-]. The van der Waals surface area contributed by atoms with Gasteiger partial charge in [-0.2, -0.15) is 0 Å². The molecule has 18 heteroatoms. The summed E-state index contributed by atoms with van der Waals surface area (Å²) in [5, 5.41) is 9.52. The number of pyridine rings is 2. The molecule has 2 N–H and O–H groups in total. The third kappa shape index (κ3) is 14.8. The number of carboxylic acid groups (broad SMARTS) is 1. The third-order valence-electron chi connectivity index (χ3n) is 17.6. The van der Waals surface area contributed by atoms with Crippen molar-refractivity contribution in [3.63, 3.8) is 0 Å². The summed E-state index contributed by atoms with van der Waals surface area (Å²) in [5.74, 6) is 0.564. The van der Waals surface area contributed by atoms with Crippen LogP contribution in [0.2, 0.25) is 0 Å². The van der Waals surface area contributed by atoms with Gasteiger partial charge >= 0.3 is 41.5 Å². The van der Waals surface area contributed by atoms with Crippen molar-refractivity contribution in [2.24, 2.45) is 0 Å². The van der Waals surface area contributed by atoms with Crippen molar-refractivity contribution in [1.29, 1.82) is 0 Å². The monoisotopic (exact) mass is 1200 g/mol. The first-order valence-corrected chi connectivity index (χ1v) is 30.5. The van der Waals surface area contributed by atoms with Gasteiger partial charge < -0.3 is 34.6 Å². The second kappa shape index (κ2) is 27.8. The summed E-state index contributed by atoms with van der Waals surface area (Å²) in [6.07, 6.45) is 9.51. The van der Waals surface area contributed by atoms with Gasteiger partial charge in [-0.3, -0.25) is 29.4 Å². The van der Waals surface area contributed by atoms with Crippen molar-refractivity contribution in [3.8, 4) is 33.8 Å². The van der Waals surface area contributed by atoms with Crippen LogP contribution in [-0.4, -0.2) is 135 Å². The number of aromatic carboxylic acids is 1. The minimum absolute atomic E-state index is 0. The number of piperidine rings is 2. The molecule has 0 spiro atoms. The molecular weight excluding hydrogens is 1120 g/mol. The number of amides is 2. The average molecular weight is 1200 g/mol. The molecule has 4 aliphatic heterocycles. The Hall–Kier alpha value is -6.60. The maximum atomic E-state index is 13.7. The first-order valence-electron chi connectivity index (χ1n) is 30.5. The summed E-state index contributed by atoms with van der Waals surface area (Å²) in [5.41, 5.74) is 13.0. The van der Waals surface area contributed by atoms with E-state index in [2.05, 4.69) is 44.0 Å². The van der Waals surface area contributed by atoms with Crippen molar-refractivity contribution in [2.75, 3.05) is 46.4 Å². The first kappa shape index (κ1) is 64.9. The van der Waals surface area contributed by atoms with Crippen LogP contribution in [0.25, 0.3) is 22.3 Å². The minimum atomic E-state index is -1.06. The predicted octanol–water partition coefficient (Wildman–Crippen LogP) is 9.36. The van der Waals surface area contributed by atoms with E-state index in [1.165, 1.54) is 59.7 Å². The van der Waals surface area contributed by atoms with E-state index in [9.17, 15) is 33.1 Å². The van der Waals surface area contributed by atoms with Crippen LogP contribution in [-0.2, 0) is 30.7 Å². The van der Waals surface area contributed by atoms with E-state index in [4.69, 9.17) is 14.2 Å². The minimum Gasteiger partial charge on any atom is -0.870 e. The number of methoxy groups -OCH3 is 1. The molecule has 0 unspecified atom stereocenters. The van der Waals surface area contributed by atoms with Crippen molar-refractivity contribution < 1.29 is 82.3 Å². The Morgan fingerprint density at radius 3 is 1.31 bits per heavy atom. The number of esters is 1. The van der Waals surface area contributed by atoms with Crippen molar-refractivity contribution in [3.05, 3.63) is 164 Å². The molecule has 0 atom stereocenters. The summed E-state index contributed by atoms with van der Waals surface area (Å²) in [4.78, 5) is 68.6. The van der Waals surface area contributed by atoms with Crippen LogP contribution in [0.3, 0.4) is 0 Å². The van der Waals surface area contributed by atoms with Gasteiger partial charge in [0.1, 0.15) is 23.1 Å². The Balaban J connectivity index is 0.000000203. The summed E-state index contributed by atoms with van der Waals surface area (Å²) in [6, 6.07) is 25.8. The number of hydrogen-bond donors (Lipinski definition) is 1. The molecular formula is C69H79F2N6NaO9. The second-order valence-corrected chi connectivity index (χ2v) is 24.6. The number of nitrogens with zero attached hydrogens (tertiary/aromatic N) is 6. The Morgan fingerprint density at radius 1 is 0.575 bits per heavy atom. The van der Waals surface area contributed by atoms with Gasteiger partial charge in [-0.15, -0.1) is 0 Å². The molecule has 2 aliphatic carbocycles. The number of aromatic nitrogens is 2. The van der Waals surface area contributed by atoms with Crippen LogP contribution >= 0.6 is 0 Å². The molecule has 6 aromatic rings. The summed E-state index contributed by atoms with van der Waals surface area (Å²) in [6.45, 7) is 18.0. The molecule has 12 rings (SSSR count). The molecule has 6 aliphatic rings. The first-order chi connectivity index (χ1) is 40.9. The van der Waals surface area contributed by atoms with Gasteiger partial charge in [-0.05, 0) is 187 Å². The molecule has 2 amide bonds. The number of carbonyl (C=O) groups is 4. The number of benzene rings is 4. The maximum absolute atomic E-state index is 13.7. The van der Waals surface area contributed by atoms with E-state index >= 15 is 0 Å². The second-order valence-electron chi connectivity index (χ2n) is 24.6. The molecule has 2 saturated carbocycles. The Kier molecular flexibility index (Phi) is 20.8. The number of likely N-dealkylation sites (tertiary alicyclic amines) is 2. The van der Waals surface area contributed by atoms with Crippen LogP contribution < -0.4 is 39.0 Å². The average Bonchev–Trinajstić information content (AvgIpc) is 2.34. The number of hydrogen-bond acceptors (Lipinski definition) is 12. The summed E-state index contributed by atoms with van der Waals surface area (Å²) >= 11 is 0. The van der Waals surface area contributed by atoms with Gasteiger partial charge in [-0.1, -0.05) is 36.4 Å². The van der Waals surface area contributed by atoms with E-state index < -0.39 is 11.9 Å². The molecule has 4 aromatic carbocycles. The number of halogens is 2. The van der Waals surface area contributed by atoms with Gasteiger partial charge in [0, 0.05) is 88.4 Å². The Morgan fingerprint density at radius 2 is 0.954 bits per heavy atom. The molecule has 2 saturated heterocycles. The summed E-state index contributed by atoms with van der Waals surface area (Å²) < 4.78 is 45.1. The van der Waals surface area contributed by atoms with Crippen LogP contribution in [0.1, 0.15) is 177 Å². The quantitative estimate of drug-likeness (QED) is 0.0715. The zero-order valence-corrected chi connectivity index (χ0v) is 53.5. The molecule has 2 aromatic heterocycles. The van der Waals surface area contributed by atoms with Gasteiger partial charge in [0.25, 0.3) is 11.8 Å². The smallest absolute Gasteiger partial charge is 0.870 e. The van der Waals surface area contributed by atoms with E-state index in [0.717, 1.165) is 130 Å². The van der Waals surface area contributed by atoms with Gasteiger partial charge in [-0.25, -0.2) is 18.4 Å². The molecule has 4 fully saturated rings. The molecule has 454 valence electrons.